The number of nitrogens with zero attached hydrogens (tertiary/aromatic N) is 6. The Bertz CT molecular complexity index is 1270. The van der Waals surface area contributed by atoms with E-state index in [4.69, 9.17) is 4.98 Å². The van der Waals surface area contributed by atoms with Crippen LogP contribution in [0.25, 0.3) is 0 Å². The number of hydrogen-bond donors (Lipinski definition) is 2. The Morgan fingerprint density at radius 2 is 2.00 bits per heavy atom. The largest absolute Gasteiger partial charge is 0.371 e. The molecule has 2 N–H and O–H groups in total. The van der Waals surface area contributed by atoms with Crippen LogP contribution in [0.1, 0.15) is 24.0 Å². The molecule has 1 atom stereocenters. The van der Waals surface area contributed by atoms with E-state index in [1.807, 2.05) is 52.5 Å². The molecule has 32 heavy (non-hydrogen) atoms. The molecule has 0 fully saturated rings. The highest BCUT2D eigenvalue weighted by Crippen LogP contribution is 2.29. The summed E-state index contributed by atoms with van der Waals surface area (Å²) >= 11 is 1.37. The molecule has 0 spiro atoms. The van der Waals surface area contributed by atoms with Crippen molar-refractivity contribution in [2.45, 2.75) is 25.5 Å². The highest BCUT2D eigenvalue weighted by molar-refractivity contribution is 7.09. The number of para-hydroxylation sites is 1. The van der Waals surface area contributed by atoms with Crippen molar-refractivity contribution in [1.29, 1.82) is 0 Å². The molecule has 5 rings (SSSR count). The third kappa shape index (κ3) is 4.19. The van der Waals surface area contributed by atoms with Crippen LogP contribution in [0, 0.1) is 11.8 Å². The summed E-state index contributed by atoms with van der Waals surface area (Å²) in [5, 5.41) is 20.9. The Balaban J connectivity index is 1.41. The molecular formula is C23H21N7OS. The van der Waals surface area contributed by atoms with Crippen molar-refractivity contribution in [3.63, 3.8) is 0 Å². The van der Waals surface area contributed by atoms with Crippen molar-refractivity contribution in [1.82, 2.24) is 24.7 Å². The maximum Gasteiger partial charge on any atom is 0.229 e. The number of aryl methyl sites for hydroxylation is 1. The molecule has 3 aromatic heterocycles. The van der Waals surface area contributed by atoms with Crippen LogP contribution in [0.15, 0.2) is 60.2 Å². The van der Waals surface area contributed by atoms with E-state index in [-0.39, 0.29) is 0 Å². The smallest absolute Gasteiger partial charge is 0.229 e. The molecule has 0 saturated heterocycles. The molecule has 9 heteroatoms. The molecule has 160 valence electrons. The highest BCUT2D eigenvalue weighted by atomic mass is 32.1. The number of benzene rings is 1. The number of anilines is 4. The molecular weight excluding hydrogens is 422 g/mol. The minimum absolute atomic E-state index is 0.532. The lowest BCUT2D eigenvalue weighted by Crippen LogP contribution is -2.28. The van der Waals surface area contributed by atoms with Gasteiger partial charge in [0.2, 0.25) is 5.95 Å². The molecule has 8 nitrogen and oxygen atoms in total. The molecule has 4 heterocycles. The van der Waals surface area contributed by atoms with Gasteiger partial charge in [-0.15, -0.1) is 11.3 Å². The van der Waals surface area contributed by atoms with E-state index in [2.05, 4.69) is 37.1 Å². The van der Waals surface area contributed by atoms with Crippen LogP contribution in [-0.4, -0.2) is 36.4 Å². The van der Waals surface area contributed by atoms with Gasteiger partial charge in [-0.25, -0.2) is 14.6 Å². The van der Waals surface area contributed by atoms with Crippen LogP contribution < -0.4 is 10.2 Å². The van der Waals surface area contributed by atoms with Crippen molar-refractivity contribution in [3.05, 3.63) is 70.9 Å². The topological polar surface area (TPSA) is 92.0 Å². The van der Waals surface area contributed by atoms with Gasteiger partial charge in [-0.1, -0.05) is 24.1 Å². The molecule has 0 bridgehead atoms. The van der Waals surface area contributed by atoms with Crippen LogP contribution in [0.5, 0.6) is 0 Å². The first-order chi connectivity index (χ1) is 15.6. The summed E-state index contributed by atoms with van der Waals surface area (Å²) in [6.07, 6.45) is 4.34. The number of aromatic nitrogens is 5. The number of fused-ring (bicyclic) bond motifs is 1. The third-order valence-corrected chi connectivity index (χ3v) is 6.00. The van der Waals surface area contributed by atoms with Gasteiger partial charge in [0.15, 0.2) is 5.60 Å². The van der Waals surface area contributed by atoms with E-state index in [1.165, 1.54) is 11.3 Å². The predicted octanol–water partition coefficient (Wildman–Crippen LogP) is 3.67. The first-order valence-corrected chi connectivity index (χ1v) is 11.1. The van der Waals surface area contributed by atoms with Gasteiger partial charge in [0, 0.05) is 42.6 Å². The van der Waals surface area contributed by atoms with Crippen LogP contribution in [0.4, 0.5) is 23.3 Å². The van der Waals surface area contributed by atoms with Gasteiger partial charge in [0.25, 0.3) is 0 Å². The minimum atomic E-state index is -1.32. The van der Waals surface area contributed by atoms with Gasteiger partial charge >= 0.3 is 0 Å². The molecule has 0 radical (unpaired) electrons. The summed E-state index contributed by atoms with van der Waals surface area (Å²) < 4.78 is 1.93. The predicted molar refractivity (Wildman–Crippen MR) is 124 cm³/mol. The number of thiazole rings is 1. The fourth-order valence-electron chi connectivity index (χ4n) is 3.49. The average molecular weight is 444 g/mol. The molecule has 1 aliphatic heterocycles. The van der Waals surface area contributed by atoms with Crippen LogP contribution in [0.3, 0.4) is 0 Å². The van der Waals surface area contributed by atoms with E-state index in [0.717, 1.165) is 36.8 Å². The monoisotopic (exact) mass is 443 g/mol. The number of nitrogens with one attached hydrogen (secondary N) is 1. The van der Waals surface area contributed by atoms with Crippen molar-refractivity contribution >= 4 is 34.6 Å². The zero-order chi connectivity index (χ0) is 22.0. The van der Waals surface area contributed by atoms with Crippen LogP contribution in [0.2, 0.25) is 0 Å². The van der Waals surface area contributed by atoms with E-state index in [9.17, 15) is 5.11 Å². The average Bonchev–Trinajstić information content (AvgIpc) is 3.49. The molecule has 0 aliphatic carbocycles. The van der Waals surface area contributed by atoms with E-state index in [1.54, 1.807) is 19.3 Å². The first kappa shape index (κ1) is 20.2. The second kappa shape index (κ2) is 8.42. The quantitative estimate of drug-likeness (QED) is 0.465. The van der Waals surface area contributed by atoms with Crippen molar-refractivity contribution in [2.24, 2.45) is 0 Å². The lowest BCUT2D eigenvalue weighted by Gasteiger charge is -2.28. The van der Waals surface area contributed by atoms with Gasteiger partial charge in [-0.2, -0.15) is 10.1 Å². The zero-order valence-electron chi connectivity index (χ0n) is 17.4. The van der Waals surface area contributed by atoms with E-state index >= 15 is 0 Å². The third-order valence-electron chi connectivity index (χ3n) is 5.02. The second-order valence-corrected chi connectivity index (χ2v) is 8.40. The molecule has 1 aliphatic rings. The van der Waals surface area contributed by atoms with E-state index in [0.29, 0.717) is 16.6 Å². The van der Waals surface area contributed by atoms with Gasteiger partial charge in [0.05, 0.1) is 0 Å². The fraction of sp³-hybridized carbons (Fsp3) is 0.217. The Labute approximate surface area is 189 Å². The molecule has 1 unspecified atom stereocenters. The maximum absolute atomic E-state index is 10.6. The standard InChI is InChI=1S/C23H21N7OS/c1-23(31,21-24-12-15-32-21)10-8-18-16-20-29(13-5-14-30(20)28-18)19-9-11-25-22(27-19)26-17-6-3-2-4-7-17/h2-4,6-7,9,11-12,15-16,31H,5,13-14H2,1H3,(H,25,26,27). The SMILES string of the molecule is CC(O)(C#Cc1cc2n(n1)CCCN2c1ccnc(Nc2ccccc2)n1)c1nccs1. The summed E-state index contributed by atoms with van der Waals surface area (Å²) in [6.45, 7) is 3.26. The van der Waals surface area contributed by atoms with E-state index < -0.39 is 5.60 Å². The summed E-state index contributed by atoms with van der Waals surface area (Å²) in [5.74, 6) is 8.14. The summed E-state index contributed by atoms with van der Waals surface area (Å²) in [7, 11) is 0. The molecule has 0 amide bonds. The summed E-state index contributed by atoms with van der Waals surface area (Å²) in [4.78, 5) is 15.3. The van der Waals surface area contributed by atoms with Crippen molar-refractivity contribution in [3.8, 4) is 11.8 Å². The van der Waals surface area contributed by atoms with Crippen LogP contribution >= 0.6 is 11.3 Å². The molecule has 4 aromatic rings. The normalized spacial score (nSPS) is 14.8. The highest BCUT2D eigenvalue weighted by Gasteiger charge is 2.24. The fourth-order valence-corrected chi connectivity index (χ4v) is 4.14. The van der Waals surface area contributed by atoms with Crippen molar-refractivity contribution in [2.75, 3.05) is 16.8 Å². The first-order valence-electron chi connectivity index (χ1n) is 10.2. The Morgan fingerprint density at radius 3 is 2.81 bits per heavy atom. The summed E-state index contributed by atoms with van der Waals surface area (Å²) in [6, 6.07) is 13.6. The minimum Gasteiger partial charge on any atom is -0.371 e. The number of hydrogen-bond acceptors (Lipinski definition) is 8. The lowest BCUT2D eigenvalue weighted by atomic mass is 10.1. The van der Waals surface area contributed by atoms with Gasteiger partial charge in [-0.3, -0.25) is 0 Å². The Morgan fingerprint density at radius 1 is 1.12 bits per heavy atom. The Kier molecular flexibility index (Phi) is 5.31. The number of aliphatic hydroxyl groups is 1. The molecule has 1 aromatic carbocycles. The second-order valence-electron chi connectivity index (χ2n) is 7.51. The molecule has 0 saturated carbocycles. The lowest BCUT2D eigenvalue weighted by molar-refractivity contribution is 0.122. The maximum atomic E-state index is 10.6. The summed E-state index contributed by atoms with van der Waals surface area (Å²) in [5.41, 5.74) is 0.210. The Hall–Kier alpha value is -3.74. The van der Waals surface area contributed by atoms with Gasteiger partial charge < -0.3 is 15.3 Å². The van der Waals surface area contributed by atoms with Crippen LogP contribution in [-0.2, 0) is 12.1 Å². The number of rotatable bonds is 4. The van der Waals surface area contributed by atoms with Gasteiger partial charge in [-0.05, 0) is 37.5 Å². The van der Waals surface area contributed by atoms with Gasteiger partial charge in [0.1, 0.15) is 22.3 Å². The zero-order valence-corrected chi connectivity index (χ0v) is 18.3. The van der Waals surface area contributed by atoms with Crippen molar-refractivity contribution < 1.29 is 5.11 Å².